The molecule has 204 valence electrons. The van der Waals surface area contributed by atoms with Crippen LogP contribution in [0.1, 0.15) is 69.2 Å². The van der Waals surface area contributed by atoms with Crippen LogP contribution in [0.2, 0.25) is 0 Å². The van der Waals surface area contributed by atoms with Crippen molar-refractivity contribution in [2.24, 2.45) is 0 Å². The molecule has 2 heteroatoms. The van der Waals surface area contributed by atoms with Crippen LogP contribution in [0.15, 0.2) is 116 Å². The molecule has 0 fully saturated rings. The predicted molar refractivity (Wildman–Crippen MR) is 168 cm³/mol. The Balaban J connectivity index is 1.36. The average molecular weight is 537 g/mol. The summed E-state index contributed by atoms with van der Waals surface area (Å²) in [5.41, 5.74) is 12.3. The Hall–Kier alpha value is -4.04. The van der Waals surface area contributed by atoms with Crippen molar-refractivity contribution in [1.29, 1.82) is 0 Å². The first-order valence-corrected chi connectivity index (χ1v) is 15.3. The fourth-order valence-electron chi connectivity index (χ4n) is 8.30. The van der Waals surface area contributed by atoms with Gasteiger partial charge in [-0.15, -0.1) is 0 Å². The van der Waals surface area contributed by atoms with Crippen LogP contribution in [-0.2, 0) is 11.0 Å². The van der Waals surface area contributed by atoms with Gasteiger partial charge < -0.3 is 0 Å². The smallest absolute Gasteiger partial charge is 0.192 e. The standard InChI is InChI=1S/C39H40N2/c1-5-38(4)34-21-13-12-20-32(34)36-22-14-15-25-41(36)39(38,6-2)24-23-35-30-18-10-11-19-31(30)37-26-28(3)33(27-40(35)37)29-16-8-7-9-17-29/h7-22,25-27,35H,5-6,23-24H2,1-4H3/q+2. The summed E-state index contributed by atoms with van der Waals surface area (Å²) in [5.74, 6) is 0. The first-order valence-electron chi connectivity index (χ1n) is 15.3. The van der Waals surface area contributed by atoms with Gasteiger partial charge in [-0.05, 0) is 55.2 Å². The minimum Gasteiger partial charge on any atom is -0.192 e. The van der Waals surface area contributed by atoms with Gasteiger partial charge in [0, 0.05) is 48.6 Å². The lowest BCUT2D eigenvalue weighted by Crippen LogP contribution is -2.69. The van der Waals surface area contributed by atoms with E-state index in [1.54, 1.807) is 0 Å². The van der Waals surface area contributed by atoms with Gasteiger partial charge in [0.05, 0.1) is 16.5 Å². The normalized spacial score (nSPS) is 22.0. The molecule has 2 aliphatic rings. The first-order chi connectivity index (χ1) is 20.0. The number of benzene rings is 3. The van der Waals surface area contributed by atoms with Gasteiger partial charge in [-0.3, -0.25) is 0 Å². The van der Waals surface area contributed by atoms with Crippen LogP contribution >= 0.6 is 0 Å². The molecule has 4 heterocycles. The molecule has 41 heavy (non-hydrogen) atoms. The van der Waals surface area contributed by atoms with E-state index in [4.69, 9.17) is 0 Å². The number of fused-ring (bicyclic) bond motifs is 6. The monoisotopic (exact) mass is 536 g/mol. The fraction of sp³-hybridized carbons (Fsp3) is 0.282. The van der Waals surface area contributed by atoms with E-state index in [1.807, 2.05) is 0 Å². The highest BCUT2D eigenvalue weighted by Crippen LogP contribution is 2.52. The Morgan fingerprint density at radius 1 is 0.707 bits per heavy atom. The van der Waals surface area contributed by atoms with Crippen molar-refractivity contribution in [3.05, 3.63) is 132 Å². The number of hydrogen-bond acceptors (Lipinski definition) is 0. The maximum Gasteiger partial charge on any atom is 0.213 e. The third kappa shape index (κ3) is 3.69. The van der Waals surface area contributed by atoms with Crippen molar-refractivity contribution in [1.82, 2.24) is 0 Å². The lowest BCUT2D eigenvalue weighted by Gasteiger charge is -2.48. The van der Waals surface area contributed by atoms with E-state index in [1.165, 1.54) is 50.3 Å². The van der Waals surface area contributed by atoms with E-state index in [0.29, 0.717) is 6.04 Å². The van der Waals surface area contributed by atoms with Crippen molar-refractivity contribution >= 4 is 0 Å². The lowest BCUT2D eigenvalue weighted by molar-refractivity contribution is -0.772. The summed E-state index contributed by atoms with van der Waals surface area (Å²) in [6.45, 7) is 9.58. The second-order valence-electron chi connectivity index (χ2n) is 12.2. The zero-order valence-corrected chi connectivity index (χ0v) is 24.8. The van der Waals surface area contributed by atoms with Crippen LogP contribution in [-0.4, -0.2) is 0 Å². The highest BCUT2D eigenvalue weighted by Gasteiger charge is 2.59. The Labute approximate surface area is 245 Å². The number of nitrogens with zero attached hydrogens (tertiary/aromatic N) is 2. The van der Waals surface area contributed by atoms with Gasteiger partial charge >= 0.3 is 0 Å². The summed E-state index contributed by atoms with van der Waals surface area (Å²) in [6.07, 6.45) is 9.15. The molecule has 3 unspecified atom stereocenters. The molecule has 0 saturated carbocycles. The molecule has 0 spiro atoms. The maximum absolute atomic E-state index is 2.65. The van der Waals surface area contributed by atoms with E-state index in [-0.39, 0.29) is 11.0 Å². The quantitative estimate of drug-likeness (QED) is 0.192. The molecule has 5 aromatic rings. The molecule has 2 aliphatic heterocycles. The van der Waals surface area contributed by atoms with Gasteiger partial charge in [-0.25, -0.2) is 0 Å². The molecule has 0 aliphatic carbocycles. The Bertz CT molecular complexity index is 1750. The molecular formula is C39H40N2+2. The lowest BCUT2D eigenvalue weighted by atomic mass is 9.58. The molecule has 3 aromatic carbocycles. The summed E-state index contributed by atoms with van der Waals surface area (Å²) < 4.78 is 5.23. The molecule has 0 saturated heterocycles. The third-order valence-corrected chi connectivity index (χ3v) is 10.6. The molecule has 0 bridgehead atoms. The molecule has 0 N–H and O–H groups in total. The highest BCUT2D eigenvalue weighted by molar-refractivity contribution is 5.71. The van der Waals surface area contributed by atoms with Crippen LogP contribution in [0, 0.1) is 6.92 Å². The number of aromatic nitrogens is 2. The minimum absolute atomic E-state index is 0.0193. The minimum atomic E-state index is -0.0299. The molecule has 3 atom stereocenters. The fourth-order valence-corrected chi connectivity index (χ4v) is 8.30. The largest absolute Gasteiger partial charge is 0.213 e. The first kappa shape index (κ1) is 25.9. The predicted octanol–water partition coefficient (Wildman–Crippen LogP) is 8.74. The van der Waals surface area contributed by atoms with E-state index in [0.717, 1.165) is 25.7 Å². The van der Waals surface area contributed by atoms with Crippen molar-refractivity contribution in [2.45, 2.75) is 70.4 Å². The summed E-state index contributed by atoms with van der Waals surface area (Å²) in [7, 11) is 0. The van der Waals surface area contributed by atoms with Crippen LogP contribution in [0.25, 0.3) is 33.6 Å². The maximum atomic E-state index is 2.65. The van der Waals surface area contributed by atoms with Crippen molar-refractivity contribution < 1.29 is 9.13 Å². The van der Waals surface area contributed by atoms with Gasteiger partial charge in [0.25, 0.3) is 0 Å². The highest BCUT2D eigenvalue weighted by atomic mass is 15.1. The zero-order valence-electron chi connectivity index (χ0n) is 24.8. The second kappa shape index (κ2) is 9.80. The van der Waals surface area contributed by atoms with Crippen molar-refractivity contribution in [3.63, 3.8) is 0 Å². The summed E-state index contributed by atoms with van der Waals surface area (Å²) in [6, 6.07) is 38.5. The van der Waals surface area contributed by atoms with Gasteiger partial charge in [0.2, 0.25) is 11.4 Å². The summed E-state index contributed by atoms with van der Waals surface area (Å²) in [4.78, 5) is 0. The third-order valence-electron chi connectivity index (χ3n) is 10.6. The molecule has 2 aromatic heterocycles. The summed E-state index contributed by atoms with van der Waals surface area (Å²) >= 11 is 0. The topological polar surface area (TPSA) is 7.76 Å². The van der Waals surface area contributed by atoms with Gasteiger partial charge in [-0.2, -0.15) is 9.13 Å². The van der Waals surface area contributed by atoms with Crippen LogP contribution in [0.5, 0.6) is 0 Å². The number of pyridine rings is 2. The van der Waals surface area contributed by atoms with E-state index in [2.05, 4.69) is 152 Å². The second-order valence-corrected chi connectivity index (χ2v) is 12.2. The van der Waals surface area contributed by atoms with E-state index < -0.39 is 0 Å². The van der Waals surface area contributed by atoms with Gasteiger partial charge in [0.1, 0.15) is 0 Å². The van der Waals surface area contributed by atoms with Crippen molar-refractivity contribution in [2.75, 3.05) is 0 Å². The van der Waals surface area contributed by atoms with Crippen molar-refractivity contribution in [3.8, 4) is 33.6 Å². The Morgan fingerprint density at radius 3 is 2.20 bits per heavy atom. The molecular weight excluding hydrogens is 496 g/mol. The summed E-state index contributed by atoms with van der Waals surface area (Å²) in [5, 5.41) is 0. The van der Waals surface area contributed by atoms with Crippen LogP contribution in [0.3, 0.4) is 0 Å². The van der Waals surface area contributed by atoms with Gasteiger partial charge in [0.15, 0.2) is 24.0 Å². The molecule has 0 amide bonds. The average Bonchev–Trinajstić information content (AvgIpc) is 3.33. The van der Waals surface area contributed by atoms with E-state index >= 15 is 0 Å². The number of hydrogen-bond donors (Lipinski definition) is 0. The number of aryl methyl sites for hydroxylation is 1. The molecule has 7 rings (SSSR count). The number of rotatable bonds is 6. The molecule has 0 radical (unpaired) electrons. The molecule has 2 nitrogen and oxygen atoms in total. The zero-order chi connectivity index (χ0) is 28.2. The Morgan fingerprint density at radius 2 is 1.41 bits per heavy atom. The van der Waals surface area contributed by atoms with Crippen LogP contribution < -0.4 is 9.13 Å². The SMILES string of the molecule is CCC1(C)c2ccccc2-c2cccc[n+]2C1(CC)CCC1c2ccccc2-c2cc(C)c(-c3ccccc3)c[n+]21. The van der Waals surface area contributed by atoms with E-state index in [9.17, 15) is 0 Å². The van der Waals surface area contributed by atoms with Gasteiger partial charge in [-0.1, -0.05) is 80.6 Å². The van der Waals surface area contributed by atoms with Crippen LogP contribution in [0.4, 0.5) is 0 Å². The Kier molecular flexibility index (Phi) is 6.19.